The van der Waals surface area contributed by atoms with E-state index in [0.717, 1.165) is 16.4 Å². The van der Waals surface area contributed by atoms with Crippen molar-refractivity contribution in [3.05, 3.63) is 30.6 Å². The molecule has 2 rings (SSSR count). The molecule has 0 radical (unpaired) electrons. The molecule has 2 heterocycles. The third-order valence-corrected chi connectivity index (χ3v) is 5.41. The van der Waals surface area contributed by atoms with Gasteiger partial charge in [-0.05, 0) is 29.5 Å². The van der Waals surface area contributed by atoms with Crippen LogP contribution in [0.5, 0.6) is 0 Å². The van der Waals surface area contributed by atoms with Crippen molar-refractivity contribution in [3.8, 4) is 0 Å². The van der Waals surface area contributed by atoms with Gasteiger partial charge < -0.3 is 0 Å². The summed E-state index contributed by atoms with van der Waals surface area (Å²) in [7, 11) is 0. The SMILES string of the molecule is CCCCC(CC)C[N+]1([n+]2ccccc2)CCC(C)CC1.Cl. The zero-order valence-corrected chi connectivity index (χ0v) is 15.5. The number of halogens is 1. The van der Waals surface area contributed by atoms with Crippen LogP contribution >= 0.6 is 12.4 Å². The first kappa shape index (κ1) is 19.4. The molecule has 1 aliphatic rings. The molecule has 1 unspecified atom stereocenters. The summed E-state index contributed by atoms with van der Waals surface area (Å²) in [6, 6.07) is 6.50. The second kappa shape index (κ2) is 9.52. The molecule has 0 amide bonds. The quantitative estimate of drug-likeness (QED) is 0.514. The number of unbranched alkanes of at least 4 members (excludes halogenated alkanes) is 1. The Morgan fingerprint density at radius 1 is 1.09 bits per heavy atom. The Kier molecular flexibility index (Phi) is 8.41. The molecule has 126 valence electrons. The number of nitrogens with zero attached hydrogens (tertiary/aromatic N) is 2. The van der Waals surface area contributed by atoms with E-state index in [1.165, 1.54) is 58.2 Å². The van der Waals surface area contributed by atoms with Crippen LogP contribution in [0.2, 0.25) is 0 Å². The smallest absolute Gasteiger partial charge is 0.147 e. The second-order valence-electron chi connectivity index (χ2n) is 7.08. The molecule has 1 aromatic heterocycles. The summed E-state index contributed by atoms with van der Waals surface area (Å²) >= 11 is 0. The van der Waals surface area contributed by atoms with E-state index >= 15 is 0 Å². The molecular formula is C19H35ClN2+2. The number of piperidine rings is 1. The van der Waals surface area contributed by atoms with Crippen LogP contribution in [0.1, 0.15) is 59.3 Å². The van der Waals surface area contributed by atoms with Crippen LogP contribution in [-0.2, 0) is 0 Å². The Balaban J connectivity index is 0.00000242. The summed E-state index contributed by atoms with van der Waals surface area (Å²) in [5, 5.41) is 0. The van der Waals surface area contributed by atoms with Crippen molar-refractivity contribution in [3.63, 3.8) is 0 Å². The fourth-order valence-electron chi connectivity index (χ4n) is 3.76. The van der Waals surface area contributed by atoms with Crippen LogP contribution in [0.25, 0.3) is 0 Å². The summed E-state index contributed by atoms with van der Waals surface area (Å²) in [4.78, 5) is 0. The van der Waals surface area contributed by atoms with Crippen LogP contribution in [0.4, 0.5) is 0 Å². The van der Waals surface area contributed by atoms with Crippen LogP contribution in [0.3, 0.4) is 0 Å². The molecule has 0 saturated carbocycles. The van der Waals surface area contributed by atoms with Crippen molar-refractivity contribution in [2.45, 2.75) is 59.3 Å². The highest BCUT2D eigenvalue weighted by atomic mass is 35.5. The van der Waals surface area contributed by atoms with Crippen molar-refractivity contribution < 1.29 is 4.68 Å². The molecule has 3 heteroatoms. The topological polar surface area (TPSA) is 3.88 Å². The predicted octanol–water partition coefficient (Wildman–Crippen LogP) is 4.48. The molecule has 1 aromatic rings. The average Bonchev–Trinajstić information content (AvgIpc) is 2.54. The van der Waals surface area contributed by atoms with Gasteiger partial charge in [-0.3, -0.25) is 0 Å². The maximum atomic E-state index is 2.49. The lowest BCUT2D eigenvalue weighted by Crippen LogP contribution is -2.78. The summed E-state index contributed by atoms with van der Waals surface area (Å²) in [5.74, 6) is 1.77. The number of aromatic nitrogens is 1. The Morgan fingerprint density at radius 3 is 2.27 bits per heavy atom. The van der Waals surface area contributed by atoms with Gasteiger partial charge in [0.25, 0.3) is 0 Å². The van der Waals surface area contributed by atoms with Gasteiger partial charge in [-0.25, -0.2) is 0 Å². The largest absolute Gasteiger partial charge is 0.230 e. The summed E-state index contributed by atoms with van der Waals surface area (Å²) in [5.41, 5.74) is 0. The standard InChI is InChI=1S/C19H34N2.ClH/c1-4-6-10-19(5-2)17-21(15-11-18(3)12-16-21)20-13-8-7-9-14-20;/h7-9,13-14,18-19H,4-6,10-12,15-17H2,1-3H3;1H/q+2;. The van der Waals surface area contributed by atoms with Gasteiger partial charge in [-0.15, -0.1) is 12.4 Å². The van der Waals surface area contributed by atoms with E-state index in [-0.39, 0.29) is 12.4 Å². The molecule has 0 bridgehead atoms. The first-order valence-corrected chi connectivity index (χ1v) is 9.03. The Hall–Kier alpha value is -0.600. The Labute approximate surface area is 143 Å². The summed E-state index contributed by atoms with van der Waals surface area (Å²) in [6.45, 7) is 11.0. The molecular weight excluding hydrogens is 292 g/mol. The molecule has 22 heavy (non-hydrogen) atoms. The molecule has 1 atom stereocenters. The molecule has 1 saturated heterocycles. The van der Waals surface area contributed by atoms with Crippen molar-refractivity contribution in [1.29, 1.82) is 0 Å². The molecule has 0 aromatic carbocycles. The number of hydrogen-bond acceptors (Lipinski definition) is 0. The number of likely N-dealkylation sites (tertiary alicyclic amines) is 1. The molecule has 1 aliphatic heterocycles. The van der Waals surface area contributed by atoms with Gasteiger partial charge in [0.15, 0.2) is 0 Å². The maximum Gasteiger partial charge on any atom is 0.230 e. The van der Waals surface area contributed by atoms with Gasteiger partial charge in [-0.1, -0.05) is 38.2 Å². The minimum absolute atomic E-state index is 0. The zero-order chi connectivity index (χ0) is 15.1. The highest BCUT2D eigenvalue weighted by molar-refractivity contribution is 5.85. The third kappa shape index (κ3) is 4.96. The van der Waals surface area contributed by atoms with E-state index in [9.17, 15) is 0 Å². The lowest BCUT2D eigenvalue weighted by Gasteiger charge is -2.38. The van der Waals surface area contributed by atoms with Crippen LogP contribution in [0.15, 0.2) is 30.6 Å². The summed E-state index contributed by atoms with van der Waals surface area (Å²) in [6.07, 6.45) is 12.7. The Morgan fingerprint density at radius 2 is 1.73 bits per heavy atom. The van der Waals surface area contributed by atoms with E-state index in [2.05, 4.69) is 56.0 Å². The van der Waals surface area contributed by atoms with Gasteiger partial charge in [0.1, 0.15) is 19.6 Å². The van der Waals surface area contributed by atoms with Gasteiger partial charge in [0.05, 0.1) is 0 Å². The minimum Gasteiger partial charge on any atom is -0.147 e. The highest BCUT2D eigenvalue weighted by Gasteiger charge is 2.42. The monoisotopic (exact) mass is 326 g/mol. The van der Waals surface area contributed by atoms with Crippen molar-refractivity contribution in [2.75, 3.05) is 19.6 Å². The average molecular weight is 327 g/mol. The summed E-state index contributed by atoms with van der Waals surface area (Å²) < 4.78 is 3.65. The fraction of sp³-hybridized carbons (Fsp3) is 0.737. The van der Waals surface area contributed by atoms with E-state index in [1.807, 2.05) is 0 Å². The van der Waals surface area contributed by atoms with E-state index in [0.29, 0.717) is 0 Å². The normalized spacial score (nSPS) is 26.2. The lowest BCUT2D eigenvalue weighted by atomic mass is 9.94. The molecule has 0 spiro atoms. The Bertz CT molecular complexity index is 399. The maximum absolute atomic E-state index is 2.49. The predicted molar refractivity (Wildman–Crippen MR) is 97.7 cm³/mol. The zero-order valence-electron chi connectivity index (χ0n) is 14.7. The van der Waals surface area contributed by atoms with E-state index in [1.54, 1.807) is 0 Å². The highest BCUT2D eigenvalue weighted by Crippen LogP contribution is 2.23. The van der Waals surface area contributed by atoms with E-state index in [4.69, 9.17) is 0 Å². The number of quaternary nitrogens is 1. The third-order valence-electron chi connectivity index (χ3n) is 5.41. The first-order chi connectivity index (χ1) is 10.2. The molecule has 0 aliphatic carbocycles. The molecule has 2 nitrogen and oxygen atoms in total. The number of pyridine rings is 1. The molecule has 0 N–H and O–H groups in total. The van der Waals surface area contributed by atoms with Gasteiger partial charge in [-0.2, -0.15) is 0 Å². The minimum atomic E-state index is 0. The van der Waals surface area contributed by atoms with Crippen LogP contribution in [-0.4, -0.2) is 19.6 Å². The van der Waals surface area contributed by atoms with Crippen molar-refractivity contribution >= 4 is 12.4 Å². The van der Waals surface area contributed by atoms with E-state index < -0.39 is 0 Å². The fourth-order valence-corrected chi connectivity index (χ4v) is 3.76. The molecule has 1 fully saturated rings. The second-order valence-corrected chi connectivity index (χ2v) is 7.08. The van der Waals surface area contributed by atoms with Crippen LogP contribution < -0.4 is 9.27 Å². The lowest BCUT2D eigenvalue weighted by molar-refractivity contribution is -0.826. The van der Waals surface area contributed by atoms with Crippen LogP contribution in [0, 0.1) is 11.8 Å². The van der Waals surface area contributed by atoms with Crippen molar-refractivity contribution in [1.82, 2.24) is 4.59 Å². The first-order valence-electron chi connectivity index (χ1n) is 9.03. The number of hydrogen-bond donors (Lipinski definition) is 0. The van der Waals surface area contributed by atoms with Gasteiger partial charge in [0, 0.05) is 30.9 Å². The van der Waals surface area contributed by atoms with Crippen molar-refractivity contribution in [2.24, 2.45) is 11.8 Å². The van der Waals surface area contributed by atoms with Gasteiger partial charge in [0.2, 0.25) is 12.4 Å². The van der Waals surface area contributed by atoms with Gasteiger partial charge >= 0.3 is 0 Å². The number of rotatable bonds is 7.